The van der Waals surface area contributed by atoms with E-state index in [4.69, 9.17) is 4.74 Å². The molecule has 1 amide bonds. The lowest BCUT2D eigenvalue weighted by atomic mass is 9.82. The van der Waals surface area contributed by atoms with Crippen molar-refractivity contribution in [2.24, 2.45) is 5.92 Å². The zero-order valence-electron chi connectivity index (χ0n) is 24.0. The molecule has 38 heavy (non-hydrogen) atoms. The molecule has 1 heterocycles. The van der Waals surface area contributed by atoms with Crippen LogP contribution in [0.4, 0.5) is 0 Å². The van der Waals surface area contributed by atoms with Crippen molar-refractivity contribution in [1.29, 1.82) is 0 Å². The largest absolute Gasteiger partial charge is 0.497 e. The summed E-state index contributed by atoms with van der Waals surface area (Å²) in [6.07, 6.45) is 4.95. The van der Waals surface area contributed by atoms with Gasteiger partial charge in [-0.05, 0) is 82.8 Å². The first-order chi connectivity index (χ1) is 17.9. The van der Waals surface area contributed by atoms with Crippen LogP contribution < -0.4 is 4.74 Å². The normalized spacial score (nSPS) is 21.2. The Labute approximate surface area is 229 Å². The second-order valence-corrected chi connectivity index (χ2v) is 13.2. The highest BCUT2D eigenvalue weighted by Crippen LogP contribution is 2.31. The van der Waals surface area contributed by atoms with Gasteiger partial charge in [-0.3, -0.25) is 14.5 Å². The Bertz CT molecular complexity index is 1050. The van der Waals surface area contributed by atoms with E-state index in [1.807, 2.05) is 23.9 Å². The van der Waals surface area contributed by atoms with E-state index in [9.17, 15) is 18.0 Å². The Morgan fingerprint density at radius 1 is 0.974 bits per heavy atom. The minimum Gasteiger partial charge on any atom is -0.497 e. The zero-order chi connectivity index (χ0) is 28.0. The molecule has 1 aromatic carbocycles. The summed E-state index contributed by atoms with van der Waals surface area (Å²) in [5.74, 6) is 1.33. The number of hydrogen-bond donors (Lipinski definition) is 0. The fourth-order valence-corrected chi connectivity index (χ4v) is 7.41. The number of nitrogens with zero attached hydrogens (tertiary/aromatic N) is 4. The third kappa shape index (κ3) is 7.77. The predicted octanol–water partition coefficient (Wildman–Crippen LogP) is 2.55. The monoisotopic (exact) mass is 550 g/mol. The van der Waals surface area contributed by atoms with Gasteiger partial charge in [0.25, 0.3) is 0 Å². The molecule has 2 fully saturated rings. The zero-order valence-corrected chi connectivity index (χ0v) is 24.8. The number of hydrogen-bond acceptors (Lipinski definition) is 7. The van der Waals surface area contributed by atoms with Gasteiger partial charge in [-0.1, -0.05) is 0 Å². The van der Waals surface area contributed by atoms with Gasteiger partial charge in [-0.15, -0.1) is 0 Å². The maximum Gasteiger partial charge on any atom is 0.243 e. The van der Waals surface area contributed by atoms with Crippen molar-refractivity contribution in [1.82, 2.24) is 19.0 Å². The molecule has 1 saturated heterocycles. The summed E-state index contributed by atoms with van der Waals surface area (Å²) in [7, 11) is 3.25. The van der Waals surface area contributed by atoms with E-state index in [1.165, 1.54) is 4.31 Å². The summed E-state index contributed by atoms with van der Waals surface area (Å²) in [5.41, 5.74) is 1.27. The van der Waals surface area contributed by atoms with Crippen LogP contribution in [0.25, 0.3) is 0 Å². The van der Waals surface area contributed by atoms with E-state index in [2.05, 4.69) is 4.90 Å². The Kier molecular flexibility index (Phi) is 10.7. The van der Waals surface area contributed by atoms with Gasteiger partial charge in [-0.25, -0.2) is 12.7 Å². The fraction of sp³-hybridized carbons (Fsp3) is 0.714. The Morgan fingerprint density at radius 3 is 2.08 bits per heavy atom. The smallest absolute Gasteiger partial charge is 0.243 e. The van der Waals surface area contributed by atoms with E-state index in [0.29, 0.717) is 41.8 Å². The number of carbonyl (C=O) groups excluding carboxylic acids is 2. The molecule has 3 rings (SSSR count). The summed E-state index contributed by atoms with van der Waals surface area (Å²) >= 11 is 0. The molecule has 1 aliphatic heterocycles. The van der Waals surface area contributed by atoms with Crippen LogP contribution in [0, 0.1) is 19.8 Å². The number of carbonyl (C=O) groups is 2. The first kappa shape index (κ1) is 30.5. The molecular weight excluding hydrogens is 504 g/mol. The highest BCUT2D eigenvalue weighted by molar-refractivity contribution is 7.89. The number of benzene rings is 1. The summed E-state index contributed by atoms with van der Waals surface area (Å²) in [4.78, 5) is 31.8. The Morgan fingerprint density at radius 2 is 1.55 bits per heavy atom. The van der Waals surface area contributed by atoms with Crippen LogP contribution >= 0.6 is 0 Å². The van der Waals surface area contributed by atoms with Gasteiger partial charge in [0, 0.05) is 58.7 Å². The van der Waals surface area contributed by atoms with E-state index in [0.717, 1.165) is 51.9 Å². The average Bonchev–Trinajstić information content (AvgIpc) is 2.86. The van der Waals surface area contributed by atoms with Gasteiger partial charge >= 0.3 is 0 Å². The van der Waals surface area contributed by atoms with E-state index >= 15 is 0 Å². The third-order valence-electron chi connectivity index (χ3n) is 8.01. The molecule has 1 aromatic rings. The number of amides is 1. The second-order valence-electron chi connectivity index (χ2n) is 11.2. The lowest BCUT2D eigenvalue weighted by molar-refractivity contribution is -0.134. The van der Waals surface area contributed by atoms with Gasteiger partial charge in [0.05, 0.1) is 18.6 Å². The lowest BCUT2D eigenvalue weighted by Gasteiger charge is -2.42. The summed E-state index contributed by atoms with van der Waals surface area (Å²) in [6.45, 7) is 7.58. The summed E-state index contributed by atoms with van der Waals surface area (Å²) < 4.78 is 33.0. The number of Topliss-reactive ketones (excluding diaryl/α,β-unsaturated/α-hetero) is 1. The molecule has 0 atom stereocenters. The molecule has 9 nitrogen and oxygen atoms in total. The van der Waals surface area contributed by atoms with Gasteiger partial charge in [-0.2, -0.15) is 0 Å². The van der Waals surface area contributed by atoms with E-state index < -0.39 is 10.0 Å². The molecule has 0 N–H and O–H groups in total. The van der Waals surface area contributed by atoms with Gasteiger partial charge in [0.2, 0.25) is 15.9 Å². The second kappa shape index (κ2) is 13.4. The third-order valence-corrected chi connectivity index (χ3v) is 10.2. The predicted molar refractivity (Wildman–Crippen MR) is 149 cm³/mol. The molecule has 0 aromatic heterocycles. The molecule has 0 radical (unpaired) electrons. The van der Waals surface area contributed by atoms with Crippen molar-refractivity contribution < 1.29 is 22.7 Å². The summed E-state index contributed by atoms with van der Waals surface area (Å²) in [6, 6.07) is 3.97. The summed E-state index contributed by atoms with van der Waals surface area (Å²) in [5, 5.41) is 0. The minimum absolute atomic E-state index is 0.131. The highest BCUT2D eigenvalue weighted by Gasteiger charge is 2.31. The standard InChI is InChI=1S/C28H46N4O5S/c1-21-17-26(37-6)18-22(2)28(21)38(35,36)30(5)12-11-25(33)19-23-7-9-24(10-8-23)31-13-15-32(16-14-31)27(34)20-29(3)4/h17-18,23-24H,7-16,19-20H2,1-6H3. The SMILES string of the molecule is COc1cc(C)c(S(=O)(=O)N(C)CCC(=O)CC2CCC(N3CCN(C(=O)CN(C)C)CC3)CC2)c(C)c1. The minimum atomic E-state index is -3.70. The maximum absolute atomic E-state index is 13.2. The van der Waals surface area contributed by atoms with Crippen LogP contribution in [-0.2, 0) is 19.6 Å². The molecule has 1 aliphatic carbocycles. The van der Waals surface area contributed by atoms with Crippen LogP contribution in [-0.4, -0.2) is 113 Å². The molecule has 10 heteroatoms. The first-order valence-electron chi connectivity index (χ1n) is 13.7. The quantitative estimate of drug-likeness (QED) is 0.418. The van der Waals surface area contributed by atoms with Crippen molar-refractivity contribution >= 4 is 21.7 Å². The van der Waals surface area contributed by atoms with Crippen molar-refractivity contribution in [2.45, 2.75) is 63.3 Å². The van der Waals surface area contributed by atoms with Gasteiger partial charge in [0.1, 0.15) is 11.5 Å². The van der Waals surface area contributed by atoms with Crippen molar-refractivity contribution in [3.05, 3.63) is 23.3 Å². The molecule has 0 unspecified atom stereocenters. The number of likely N-dealkylation sites (N-methyl/N-ethyl adjacent to an activating group) is 1. The highest BCUT2D eigenvalue weighted by atomic mass is 32.2. The number of rotatable bonds is 11. The lowest BCUT2D eigenvalue weighted by Crippen LogP contribution is -2.53. The average molecular weight is 551 g/mol. The van der Waals surface area contributed by atoms with Crippen LogP contribution in [0.15, 0.2) is 17.0 Å². The molecule has 214 valence electrons. The first-order valence-corrected chi connectivity index (χ1v) is 15.2. The number of sulfonamides is 1. The van der Waals surface area contributed by atoms with E-state index in [-0.39, 0.29) is 29.6 Å². The number of methoxy groups -OCH3 is 1. The molecule has 0 spiro atoms. The molecule has 0 bridgehead atoms. The van der Waals surface area contributed by atoms with Crippen LogP contribution in [0.1, 0.15) is 49.7 Å². The van der Waals surface area contributed by atoms with Crippen LogP contribution in [0.2, 0.25) is 0 Å². The number of piperazine rings is 1. The van der Waals surface area contributed by atoms with Crippen molar-refractivity contribution in [3.63, 3.8) is 0 Å². The van der Waals surface area contributed by atoms with Crippen molar-refractivity contribution in [3.8, 4) is 5.75 Å². The number of ether oxygens (including phenoxy) is 1. The van der Waals surface area contributed by atoms with Crippen LogP contribution in [0.5, 0.6) is 5.75 Å². The number of aryl methyl sites for hydroxylation is 2. The topological polar surface area (TPSA) is 90.5 Å². The molecular formula is C28H46N4O5S. The molecule has 2 aliphatic rings. The van der Waals surface area contributed by atoms with Gasteiger partial charge < -0.3 is 14.5 Å². The molecule has 1 saturated carbocycles. The van der Waals surface area contributed by atoms with Gasteiger partial charge in [0.15, 0.2) is 0 Å². The maximum atomic E-state index is 13.2. The Balaban J connectivity index is 1.42. The number of ketones is 1. The van der Waals surface area contributed by atoms with Crippen LogP contribution in [0.3, 0.4) is 0 Å². The fourth-order valence-electron chi connectivity index (χ4n) is 5.84. The van der Waals surface area contributed by atoms with Crippen molar-refractivity contribution in [2.75, 3.05) is 67.5 Å². The van der Waals surface area contributed by atoms with E-state index in [1.54, 1.807) is 40.1 Å². The Hall–Kier alpha value is -2.01.